The summed E-state index contributed by atoms with van der Waals surface area (Å²) >= 11 is 0. The van der Waals surface area contributed by atoms with Gasteiger partial charge in [0, 0.05) is 6.20 Å². The second-order valence-electron chi connectivity index (χ2n) is 2.07. The van der Waals surface area contributed by atoms with Crippen molar-refractivity contribution >= 4 is 15.8 Å². The molecule has 7 heteroatoms. The molecule has 1 heterocycles. The summed E-state index contributed by atoms with van der Waals surface area (Å²) < 4.78 is 29.6. The van der Waals surface area contributed by atoms with Crippen LogP contribution in [0, 0.1) is 0 Å². The minimum absolute atomic E-state index is 0.277. The molecule has 0 aliphatic heterocycles. The molecule has 0 aromatic carbocycles. The highest BCUT2D eigenvalue weighted by atomic mass is 32.2. The smallest absolute Gasteiger partial charge is 0.302 e. The molecule has 12 heavy (non-hydrogen) atoms. The fraction of sp³-hybridized carbons (Fsp3) is 0. The quantitative estimate of drug-likeness (QED) is 0.502. The van der Waals surface area contributed by atoms with E-state index >= 15 is 0 Å². The molecule has 6 nitrogen and oxygen atoms in total. The summed E-state index contributed by atoms with van der Waals surface area (Å²) in [6.07, 6.45) is 1.19. The largest absolute Gasteiger partial charge is 0.397 e. The molecule has 1 rings (SSSR count). The summed E-state index contributed by atoms with van der Waals surface area (Å²) in [4.78, 5) is 12.1. The van der Waals surface area contributed by atoms with Gasteiger partial charge in [0.2, 0.25) is 0 Å². The Labute approximate surface area is 67.8 Å². The molecule has 1 aromatic heterocycles. The normalized spacial score (nSPS) is 11.4. The van der Waals surface area contributed by atoms with Crippen molar-refractivity contribution in [1.29, 1.82) is 0 Å². The van der Waals surface area contributed by atoms with E-state index in [1.807, 2.05) is 0 Å². The van der Waals surface area contributed by atoms with Gasteiger partial charge in [0.15, 0.2) is 4.90 Å². The zero-order valence-corrected chi connectivity index (χ0v) is 6.63. The van der Waals surface area contributed by atoms with Crippen molar-refractivity contribution in [2.24, 2.45) is 0 Å². The van der Waals surface area contributed by atoms with Crippen LogP contribution in [0.5, 0.6) is 0 Å². The van der Waals surface area contributed by atoms with Gasteiger partial charge in [-0.25, -0.2) is 0 Å². The zero-order valence-electron chi connectivity index (χ0n) is 5.81. The van der Waals surface area contributed by atoms with Crippen molar-refractivity contribution in [1.82, 2.24) is 4.98 Å². The number of rotatable bonds is 1. The summed E-state index contributed by atoms with van der Waals surface area (Å²) in [6.45, 7) is 0. The summed E-state index contributed by atoms with van der Waals surface area (Å²) in [5, 5.41) is 0. The average molecular weight is 190 g/mol. The Kier molecular flexibility index (Phi) is 1.90. The number of hydrogen-bond donors (Lipinski definition) is 3. The van der Waals surface area contributed by atoms with Crippen LogP contribution in [0.2, 0.25) is 0 Å². The number of nitrogen functional groups attached to an aromatic ring is 1. The lowest BCUT2D eigenvalue weighted by molar-refractivity contribution is 0.482. The van der Waals surface area contributed by atoms with Gasteiger partial charge in [0.1, 0.15) is 0 Å². The summed E-state index contributed by atoms with van der Waals surface area (Å²) in [7, 11) is -4.53. The Hall–Kier alpha value is -1.34. The first-order valence-electron chi connectivity index (χ1n) is 2.87. The van der Waals surface area contributed by atoms with Gasteiger partial charge in [0.05, 0.1) is 5.69 Å². The molecule has 0 fully saturated rings. The fourth-order valence-electron chi connectivity index (χ4n) is 0.746. The van der Waals surface area contributed by atoms with Gasteiger partial charge in [-0.15, -0.1) is 0 Å². The van der Waals surface area contributed by atoms with E-state index in [9.17, 15) is 13.2 Å². The Bertz CT molecular complexity index is 447. The average Bonchev–Trinajstić information content (AvgIpc) is 1.82. The minimum Gasteiger partial charge on any atom is -0.397 e. The topological polar surface area (TPSA) is 113 Å². The van der Waals surface area contributed by atoms with Crippen molar-refractivity contribution in [2.45, 2.75) is 4.90 Å². The Morgan fingerprint density at radius 1 is 1.50 bits per heavy atom. The highest BCUT2D eigenvalue weighted by Crippen LogP contribution is 2.09. The maximum Gasteiger partial charge on any atom is 0.302 e. The summed E-state index contributed by atoms with van der Waals surface area (Å²) in [6, 6.07) is 1.17. The molecule has 0 aliphatic rings. The van der Waals surface area contributed by atoms with Crippen LogP contribution in [-0.4, -0.2) is 18.0 Å². The standard InChI is InChI=1S/C5H6N2O4S/c6-3-1-2-7-5(8)4(3)12(9,10)11/h1-2H,(H3,6,7,8)(H,9,10,11). The molecule has 0 bridgehead atoms. The van der Waals surface area contributed by atoms with E-state index in [4.69, 9.17) is 10.3 Å². The molecule has 0 unspecified atom stereocenters. The van der Waals surface area contributed by atoms with E-state index in [0.717, 1.165) is 0 Å². The third-order valence-corrected chi connectivity index (χ3v) is 2.14. The van der Waals surface area contributed by atoms with E-state index < -0.39 is 20.6 Å². The first kappa shape index (κ1) is 8.75. The van der Waals surface area contributed by atoms with Crippen LogP contribution in [0.1, 0.15) is 0 Å². The third kappa shape index (κ3) is 1.46. The van der Waals surface area contributed by atoms with Gasteiger partial charge in [-0.3, -0.25) is 9.35 Å². The highest BCUT2D eigenvalue weighted by Gasteiger charge is 2.17. The molecule has 0 amide bonds. The van der Waals surface area contributed by atoms with Crippen LogP contribution in [0.25, 0.3) is 0 Å². The number of nitrogens with one attached hydrogen (secondary N) is 1. The second kappa shape index (κ2) is 2.61. The van der Waals surface area contributed by atoms with Gasteiger partial charge in [-0.05, 0) is 6.07 Å². The van der Waals surface area contributed by atoms with Crippen molar-refractivity contribution < 1.29 is 13.0 Å². The van der Waals surface area contributed by atoms with Crippen LogP contribution < -0.4 is 11.3 Å². The lowest BCUT2D eigenvalue weighted by atomic mass is 10.4. The van der Waals surface area contributed by atoms with Crippen molar-refractivity contribution in [3.8, 4) is 0 Å². The molecule has 0 atom stereocenters. The number of nitrogens with two attached hydrogens (primary N) is 1. The number of aromatic nitrogens is 1. The Morgan fingerprint density at radius 2 is 2.08 bits per heavy atom. The fourth-order valence-corrected chi connectivity index (χ4v) is 1.40. The first-order valence-corrected chi connectivity index (χ1v) is 4.31. The van der Waals surface area contributed by atoms with Crippen molar-refractivity contribution in [3.63, 3.8) is 0 Å². The number of anilines is 1. The van der Waals surface area contributed by atoms with E-state index in [2.05, 4.69) is 4.98 Å². The van der Waals surface area contributed by atoms with E-state index in [1.54, 1.807) is 0 Å². The second-order valence-corrected chi connectivity index (χ2v) is 3.42. The zero-order chi connectivity index (χ0) is 9.35. The van der Waals surface area contributed by atoms with E-state index in [0.29, 0.717) is 0 Å². The molecule has 66 valence electrons. The van der Waals surface area contributed by atoms with Crippen molar-refractivity contribution in [3.05, 3.63) is 22.6 Å². The molecule has 0 saturated carbocycles. The minimum atomic E-state index is -4.53. The lowest BCUT2D eigenvalue weighted by Gasteiger charge is -1.98. The molecule has 0 aliphatic carbocycles. The molecule has 1 aromatic rings. The molecule has 0 radical (unpaired) electrons. The molecule has 0 spiro atoms. The monoisotopic (exact) mass is 190 g/mol. The SMILES string of the molecule is Nc1cc[nH]c(=O)c1S(=O)(=O)O. The van der Waals surface area contributed by atoms with Crippen LogP contribution in [-0.2, 0) is 10.1 Å². The molecule has 0 saturated heterocycles. The van der Waals surface area contributed by atoms with Gasteiger partial charge < -0.3 is 10.7 Å². The lowest BCUT2D eigenvalue weighted by Crippen LogP contribution is -2.18. The van der Waals surface area contributed by atoms with Gasteiger partial charge in [-0.1, -0.05) is 0 Å². The highest BCUT2D eigenvalue weighted by molar-refractivity contribution is 7.86. The number of hydrogen-bond acceptors (Lipinski definition) is 4. The number of aromatic amines is 1. The third-order valence-electron chi connectivity index (χ3n) is 1.20. The Morgan fingerprint density at radius 3 is 2.42 bits per heavy atom. The summed E-state index contributed by atoms with van der Waals surface area (Å²) in [5.41, 5.74) is 3.94. The van der Waals surface area contributed by atoms with Crippen molar-refractivity contribution in [2.75, 3.05) is 5.73 Å². The van der Waals surface area contributed by atoms with Crippen LogP contribution in [0.3, 0.4) is 0 Å². The number of pyridine rings is 1. The van der Waals surface area contributed by atoms with E-state index in [-0.39, 0.29) is 5.69 Å². The predicted octanol–water partition coefficient (Wildman–Crippen LogP) is -0.796. The predicted molar refractivity (Wildman–Crippen MR) is 41.3 cm³/mol. The number of H-pyrrole nitrogens is 1. The molecule has 4 N–H and O–H groups in total. The summed E-state index contributed by atoms with van der Waals surface area (Å²) in [5.74, 6) is 0. The van der Waals surface area contributed by atoms with Crippen LogP contribution in [0.4, 0.5) is 5.69 Å². The molecular weight excluding hydrogens is 184 g/mol. The van der Waals surface area contributed by atoms with Gasteiger partial charge in [0.25, 0.3) is 5.56 Å². The van der Waals surface area contributed by atoms with E-state index in [1.165, 1.54) is 12.3 Å². The maximum absolute atomic E-state index is 10.8. The first-order chi connectivity index (χ1) is 5.43. The molecular formula is C5H6N2O4S. The maximum atomic E-state index is 10.8. The van der Waals surface area contributed by atoms with Gasteiger partial charge >= 0.3 is 10.1 Å². The van der Waals surface area contributed by atoms with Gasteiger partial charge in [-0.2, -0.15) is 8.42 Å². The van der Waals surface area contributed by atoms with Crippen LogP contribution >= 0.6 is 0 Å². The van der Waals surface area contributed by atoms with Crippen LogP contribution in [0.15, 0.2) is 22.0 Å². The Balaban J connectivity index is 3.65.